The standard InChI is InChI=1S/C12H25N/c1-10(2)7-8-12(5,13-6)9-11(10,3)4/h13H,7-9H2,1-6H3. The Balaban J connectivity index is 2.82. The third-order valence-electron chi connectivity index (χ3n) is 4.57. The molecule has 0 spiro atoms. The molecule has 1 fully saturated rings. The minimum absolute atomic E-state index is 0.360. The molecule has 1 nitrogen and oxygen atoms in total. The van der Waals surface area contributed by atoms with Crippen LogP contribution in [0, 0.1) is 10.8 Å². The Hall–Kier alpha value is -0.0400. The van der Waals surface area contributed by atoms with Crippen LogP contribution in [0.15, 0.2) is 0 Å². The van der Waals surface area contributed by atoms with E-state index in [1.165, 1.54) is 19.3 Å². The van der Waals surface area contributed by atoms with Crippen LogP contribution in [0.2, 0.25) is 0 Å². The van der Waals surface area contributed by atoms with Crippen molar-refractivity contribution < 1.29 is 0 Å². The van der Waals surface area contributed by atoms with Crippen molar-refractivity contribution in [3.63, 3.8) is 0 Å². The van der Waals surface area contributed by atoms with Crippen molar-refractivity contribution in [1.82, 2.24) is 5.32 Å². The van der Waals surface area contributed by atoms with E-state index in [-0.39, 0.29) is 0 Å². The lowest BCUT2D eigenvalue weighted by Gasteiger charge is -2.53. The van der Waals surface area contributed by atoms with Gasteiger partial charge in [0.05, 0.1) is 0 Å². The first-order chi connectivity index (χ1) is 5.72. The smallest absolute Gasteiger partial charge is 0.0155 e. The van der Waals surface area contributed by atoms with Crippen molar-refractivity contribution in [2.24, 2.45) is 10.8 Å². The summed E-state index contributed by atoms with van der Waals surface area (Å²) in [5, 5.41) is 3.47. The molecule has 78 valence electrons. The van der Waals surface area contributed by atoms with Crippen LogP contribution in [-0.4, -0.2) is 12.6 Å². The molecular weight excluding hydrogens is 158 g/mol. The van der Waals surface area contributed by atoms with Gasteiger partial charge in [0.15, 0.2) is 0 Å². The Bertz CT molecular complexity index is 193. The van der Waals surface area contributed by atoms with E-state index in [9.17, 15) is 0 Å². The Kier molecular flexibility index (Phi) is 2.53. The molecule has 0 amide bonds. The molecule has 0 aliphatic heterocycles. The van der Waals surface area contributed by atoms with Crippen LogP contribution in [0.25, 0.3) is 0 Å². The van der Waals surface area contributed by atoms with E-state index in [1.54, 1.807) is 0 Å². The molecule has 0 radical (unpaired) electrons. The average Bonchev–Trinajstić information content (AvgIpc) is 1.98. The maximum absolute atomic E-state index is 3.47. The molecule has 0 heterocycles. The second kappa shape index (κ2) is 2.98. The molecule has 1 rings (SSSR count). The van der Waals surface area contributed by atoms with Crippen LogP contribution in [0.1, 0.15) is 53.9 Å². The topological polar surface area (TPSA) is 12.0 Å². The summed E-state index contributed by atoms with van der Waals surface area (Å²) in [6.45, 7) is 12.0. The highest BCUT2D eigenvalue weighted by Crippen LogP contribution is 2.52. The monoisotopic (exact) mass is 183 g/mol. The van der Waals surface area contributed by atoms with Crippen molar-refractivity contribution >= 4 is 0 Å². The summed E-state index contributed by atoms with van der Waals surface area (Å²) < 4.78 is 0. The van der Waals surface area contributed by atoms with Gasteiger partial charge in [-0.25, -0.2) is 0 Å². The van der Waals surface area contributed by atoms with Gasteiger partial charge in [0.1, 0.15) is 0 Å². The third kappa shape index (κ3) is 1.90. The van der Waals surface area contributed by atoms with Crippen LogP contribution in [-0.2, 0) is 0 Å². The van der Waals surface area contributed by atoms with E-state index < -0.39 is 0 Å². The van der Waals surface area contributed by atoms with Gasteiger partial charge in [-0.1, -0.05) is 27.7 Å². The van der Waals surface area contributed by atoms with Gasteiger partial charge in [0.2, 0.25) is 0 Å². The molecule has 1 aliphatic rings. The van der Waals surface area contributed by atoms with Gasteiger partial charge in [-0.2, -0.15) is 0 Å². The molecule has 1 saturated carbocycles. The number of hydrogen-bond donors (Lipinski definition) is 1. The molecule has 0 aromatic carbocycles. The molecule has 1 N–H and O–H groups in total. The number of nitrogens with one attached hydrogen (secondary N) is 1. The van der Waals surface area contributed by atoms with Crippen molar-refractivity contribution in [3.05, 3.63) is 0 Å². The lowest BCUT2D eigenvalue weighted by atomic mass is 9.55. The highest BCUT2D eigenvalue weighted by molar-refractivity contribution is 5.00. The fraction of sp³-hybridized carbons (Fsp3) is 1.00. The zero-order chi connectivity index (χ0) is 10.3. The van der Waals surface area contributed by atoms with Crippen LogP contribution in [0.5, 0.6) is 0 Å². The SMILES string of the molecule is CNC1(C)CCC(C)(C)C(C)(C)C1. The van der Waals surface area contributed by atoms with Crippen molar-refractivity contribution in [3.8, 4) is 0 Å². The fourth-order valence-electron chi connectivity index (χ4n) is 2.44. The van der Waals surface area contributed by atoms with E-state index >= 15 is 0 Å². The maximum atomic E-state index is 3.47. The van der Waals surface area contributed by atoms with Crippen molar-refractivity contribution in [2.75, 3.05) is 7.05 Å². The zero-order valence-corrected chi connectivity index (χ0v) is 10.1. The van der Waals surface area contributed by atoms with Crippen LogP contribution in [0.4, 0.5) is 0 Å². The van der Waals surface area contributed by atoms with E-state index in [2.05, 4.69) is 47.0 Å². The van der Waals surface area contributed by atoms with Gasteiger partial charge in [-0.15, -0.1) is 0 Å². The zero-order valence-electron chi connectivity index (χ0n) is 10.1. The molecule has 1 aliphatic carbocycles. The molecule has 0 aromatic heterocycles. The van der Waals surface area contributed by atoms with Gasteiger partial charge >= 0.3 is 0 Å². The largest absolute Gasteiger partial charge is 0.315 e. The third-order valence-corrected chi connectivity index (χ3v) is 4.57. The maximum Gasteiger partial charge on any atom is 0.0155 e. The summed E-state index contributed by atoms with van der Waals surface area (Å²) in [5.74, 6) is 0. The average molecular weight is 183 g/mol. The summed E-state index contributed by atoms with van der Waals surface area (Å²) in [4.78, 5) is 0. The minimum Gasteiger partial charge on any atom is -0.315 e. The number of hydrogen-bond acceptors (Lipinski definition) is 1. The summed E-state index contributed by atoms with van der Waals surface area (Å²) in [6.07, 6.45) is 3.92. The van der Waals surface area contributed by atoms with Crippen LogP contribution in [0.3, 0.4) is 0 Å². The van der Waals surface area contributed by atoms with Gasteiger partial charge in [-0.3, -0.25) is 0 Å². The second-order valence-electron chi connectivity index (χ2n) is 6.26. The summed E-state index contributed by atoms with van der Waals surface area (Å²) in [5.41, 5.74) is 1.30. The molecule has 0 aromatic rings. The molecule has 1 atom stereocenters. The highest BCUT2D eigenvalue weighted by atomic mass is 14.9. The molecule has 0 saturated heterocycles. The normalized spacial score (nSPS) is 37.4. The second-order valence-corrected chi connectivity index (χ2v) is 6.26. The van der Waals surface area contributed by atoms with Crippen molar-refractivity contribution in [2.45, 2.75) is 59.4 Å². The summed E-state index contributed by atoms with van der Waals surface area (Å²) in [7, 11) is 2.09. The first kappa shape index (κ1) is 11.0. The first-order valence-electron chi connectivity index (χ1n) is 5.41. The molecule has 1 heteroatoms. The van der Waals surface area contributed by atoms with Crippen LogP contribution < -0.4 is 5.32 Å². The minimum atomic E-state index is 0.360. The summed E-state index contributed by atoms with van der Waals surface area (Å²) in [6, 6.07) is 0. The number of rotatable bonds is 1. The molecular formula is C12H25N. The predicted molar refractivity (Wildman–Crippen MR) is 58.9 cm³/mol. The lowest BCUT2D eigenvalue weighted by Crippen LogP contribution is -2.52. The predicted octanol–water partition coefficient (Wildman–Crippen LogP) is 3.20. The Morgan fingerprint density at radius 1 is 0.846 bits per heavy atom. The van der Waals surface area contributed by atoms with Gasteiger partial charge in [0.25, 0.3) is 0 Å². The highest BCUT2D eigenvalue weighted by Gasteiger charge is 2.46. The van der Waals surface area contributed by atoms with Crippen LogP contribution >= 0.6 is 0 Å². The van der Waals surface area contributed by atoms with E-state index in [0.717, 1.165) is 0 Å². The lowest BCUT2D eigenvalue weighted by molar-refractivity contribution is 0.00332. The van der Waals surface area contributed by atoms with Gasteiger partial charge < -0.3 is 5.32 Å². The Morgan fingerprint density at radius 2 is 1.38 bits per heavy atom. The van der Waals surface area contributed by atoms with E-state index in [1.807, 2.05) is 0 Å². The van der Waals surface area contributed by atoms with Gasteiger partial charge in [0, 0.05) is 5.54 Å². The van der Waals surface area contributed by atoms with E-state index in [4.69, 9.17) is 0 Å². The van der Waals surface area contributed by atoms with Crippen molar-refractivity contribution in [1.29, 1.82) is 0 Å². The molecule has 1 unspecified atom stereocenters. The first-order valence-corrected chi connectivity index (χ1v) is 5.41. The molecule has 0 bridgehead atoms. The summed E-state index contributed by atoms with van der Waals surface area (Å²) >= 11 is 0. The fourth-order valence-corrected chi connectivity index (χ4v) is 2.44. The molecule has 13 heavy (non-hydrogen) atoms. The van der Waals surface area contributed by atoms with Gasteiger partial charge in [-0.05, 0) is 44.1 Å². The van der Waals surface area contributed by atoms with E-state index in [0.29, 0.717) is 16.4 Å². The Morgan fingerprint density at radius 3 is 1.77 bits per heavy atom. The Labute approximate surface area is 83.3 Å². The quantitative estimate of drug-likeness (QED) is 0.658.